The van der Waals surface area contributed by atoms with E-state index in [4.69, 9.17) is 4.74 Å². The van der Waals surface area contributed by atoms with Gasteiger partial charge in [0.1, 0.15) is 5.54 Å². The van der Waals surface area contributed by atoms with Crippen LogP contribution in [0.4, 0.5) is 0 Å². The van der Waals surface area contributed by atoms with E-state index in [1.54, 1.807) is 0 Å². The molecule has 0 radical (unpaired) electrons. The summed E-state index contributed by atoms with van der Waals surface area (Å²) in [4.78, 5) is 24.0. The standard InChI is InChI=1S/C18H26N2O3/c19-12-18(6-2-1-3-7-18)20-16(21)11-23-17(22)10-15-9-13-4-5-14(15)8-13/h13-15H,1-11H2,(H,20,21)/t13-,14-,15+/m0/s1. The summed E-state index contributed by atoms with van der Waals surface area (Å²) in [5, 5.41) is 12.1. The van der Waals surface area contributed by atoms with Crippen molar-refractivity contribution in [1.82, 2.24) is 5.32 Å². The molecule has 3 atom stereocenters. The normalized spacial score (nSPS) is 31.3. The van der Waals surface area contributed by atoms with Crippen LogP contribution in [0.3, 0.4) is 0 Å². The molecule has 1 N–H and O–H groups in total. The molecule has 0 aromatic carbocycles. The molecule has 0 aliphatic heterocycles. The van der Waals surface area contributed by atoms with E-state index in [2.05, 4.69) is 11.4 Å². The van der Waals surface area contributed by atoms with Crippen molar-refractivity contribution in [3.05, 3.63) is 0 Å². The van der Waals surface area contributed by atoms with E-state index >= 15 is 0 Å². The minimum Gasteiger partial charge on any atom is -0.456 e. The number of nitriles is 1. The molecule has 0 aromatic heterocycles. The summed E-state index contributed by atoms with van der Waals surface area (Å²) in [5.41, 5.74) is -0.758. The smallest absolute Gasteiger partial charge is 0.306 e. The molecule has 0 unspecified atom stereocenters. The Bertz CT molecular complexity index is 505. The van der Waals surface area contributed by atoms with Gasteiger partial charge in [0.05, 0.1) is 6.07 Å². The van der Waals surface area contributed by atoms with E-state index in [1.807, 2.05) is 0 Å². The Hall–Kier alpha value is -1.57. The lowest BCUT2D eigenvalue weighted by Crippen LogP contribution is -2.50. The number of carbonyl (C=O) groups excluding carboxylic acids is 2. The molecule has 126 valence electrons. The number of hydrogen-bond acceptors (Lipinski definition) is 4. The molecule has 0 spiro atoms. The second-order valence-corrected chi connectivity index (χ2v) is 7.60. The summed E-state index contributed by atoms with van der Waals surface area (Å²) in [6.45, 7) is -0.261. The van der Waals surface area contributed by atoms with Crippen LogP contribution >= 0.6 is 0 Å². The monoisotopic (exact) mass is 318 g/mol. The van der Waals surface area contributed by atoms with Crippen LogP contribution in [-0.4, -0.2) is 24.0 Å². The van der Waals surface area contributed by atoms with Gasteiger partial charge in [-0.3, -0.25) is 9.59 Å². The van der Waals surface area contributed by atoms with Crippen LogP contribution in [0, 0.1) is 29.1 Å². The minimum atomic E-state index is -0.758. The highest BCUT2D eigenvalue weighted by Crippen LogP contribution is 2.49. The van der Waals surface area contributed by atoms with Gasteiger partial charge in [0.2, 0.25) is 0 Å². The van der Waals surface area contributed by atoms with Gasteiger partial charge in [-0.1, -0.05) is 25.7 Å². The third-order valence-electron chi connectivity index (χ3n) is 5.98. The molecule has 3 fully saturated rings. The molecule has 1 amide bonds. The van der Waals surface area contributed by atoms with E-state index in [0.717, 1.165) is 31.6 Å². The average molecular weight is 318 g/mol. The number of nitrogens with zero attached hydrogens (tertiary/aromatic N) is 1. The minimum absolute atomic E-state index is 0.261. The molecule has 23 heavy (non-hydrogen) atoms. The van der Waals surface area contributed by atoms with Crippen LogP contribution in [0.2, 0.25) is 0 Å². The van der Waals surface area contributed by atoms with Crippen molar-refractivity contribution in [2.24, 2.45) is 17.8 Å². The second-order valence-electron chi connectivity index (χ2n) is 7.60. The molecule has 0 aromatic rings. The van der Waals surface area contributed by atoms with Gasteiger partial charge in [-0.2, -0.15) is 5.26 Å². The van der Waals surface area contributed by atoms with Gasteiger partial charge in [0.25, 0.3) is 5.91 Å². The Morgan fingerprint density at radius 2 is 1.96 bits per heavy atom. The van der Waals surface area contributed by atoms with E-state index in [1.165, 1.54) is 19.3 Å². The van der Waals surface area contributed by atoms with E-state index in [9.17, 15) is 14.9 Å². The number of nitrogens with one attached hydrogen (secondary N) is 1. The van der Waals surface area contributed by atoms with Crippen LogP contribution in [0.25, 0.3) is 0 Å². The zero-order chi connectivity index (χ0) is 16.3. The van der Waals surface area contributed by atoms with Crippen molar-refractivity contribution in [2.45, 2.75) is 69.7 Å². The molecule has 3 aliphatic carbocycles. The number of ether oxygens (including phenoxy) is 1. The Balaban J connectivity index is 1.40. The van der Waals surface area contributed by atoms with Crippen molar-refractivity contribution in [2.75, 3.05) is 6.61 Å². The molecular weight excluding hydrogens is 292 g/mol. The van der Waals surface area contributed by atoms with Crippen LogP contribution < -0.4 is 5.32 Å². The Morgan fingerprint density at radius 3 is 2.57 bits per heavy atom. The van der Waals surface area contributed by atoms with Crippen molar-refractivity contribution in [3.8, 4) is 6.07 Å². The van der Waals surface area contributed by atoms with Gasteiger partial charge in [-0.05, 0) is 49.9 Å². The zero-order valence-corrected chi connectivity index (χ0v) is 13.7. The molecular formula is C18H26N2O3. The Kier molecular flexibility index (Phi) is 4.89. The summed E-state index contributed by atoms with van der Waals surface area (Å²) in [5.74, 6) is 1.32. The van der Waals surface area contributed by atoms with Crippen molar-refractivity contribution in [3.63, 3.8) is 0 Å². The lowest BCUT2D eigenvalue weighted by Gasteiger charge is -2.31. The fourth-order valence-electron chi connectivity index (χ4n) is 4.77. The van der Waals surface area contributed by atoms with Gasteiger partial charge >= 0.3 is 5.97 Å². The highest BCUT2D eigenvalue weighted by atomic mass is 16.5. The second kappa shape index (κ2) is 6.90. The first kappa shape index (κ1) is 16.3. The van der Waals surface area contributed by atoms with E-state index in [-0.39, 0.29) is 18.5 Å². The fourth-order valence-corrected chi connectivity index (χ4v) is 4.77. The Labute approximate surface area is 137 Å². The molecule has 3 rings (SSSR count). The molecule has 0 heterocycles. The van der Waals surface area contributed by atoms with Crippen LogP contribution in [0.5, 0.6) is 0 Å². The van der Waals surface area contributed by atoms with Gasteiger partial charge in [-0.25, -0.2) is 0 Å². The number of hydrogen-bond donors (Lipinski definition) is 1. The number of rotatable bonds is 5. The molecule has 5 heteroatoms. The summed E-state index contributed by atoms with van der Waals surface area (Å²) in [7, 11) is 0. The van der Waals surface area contributed by atoms with Crippen LogP contribution in [0.15, 0.2) is 0 Å². The van der Waals surface area contributed by atoms with Crippen molar-refractivity contribution >= 4 is 11.9 Å². The fraction of sp³-hybridized carbons (Fsp3) is 0.833. The lowest BCUT2D eigenvalue weighted by molar-refractivity contribution is -0.150. The Morgan fingerprint density at radius 1 is 1.17 bits per heavy atom. The largest absolute Gasteiger partial charge is 0.456 e. The van der Waals surface area contributed by atoms with Crippen LogP contribution in [0.1, 0.15) is 64.2 Å². The zero-order valence-electron chi connectivity index (χ0n) is 13.7. The highest BCUT2D eigenvalue weighted by molar-refractivity contribution is 5.81. The van der Waals surface area contributed by atoms with E-state index in [0.29, 0.717) is 31.1 Å². The topological polar surface area (TPSA) is 79.2 Å². The summed E-state index contributed by atoms with van der Waals surface area (Å²) >= 11 is 0. The third-order valence-corrected chi connectivity index (χ3v) is 5.98. The first-order valence-corrected chi connectivity index (χ1v) is 8.98. The number of amides is 1. The SMILES string of the molecule is N#CC1(NC(=O)COC(=O)C[C@H]2C[C@H]3CC[C@H]2C3)CCCCC1. The third kappa shape index (κ3) is 3.85. The number of fused-ring (bicyclic) bond motifs is 2. The number of esters is 1. The summed E-state index contributed by atoms with van der Waals surface area (Å²) in [6.07, 6.45) is 9.81. The molecule has 3 aliphatic rings. The lowest BCUT2D eigenvalue weighted by atomic mass is 9.83. The quantitative estimate of drug-likeness (QED) is 0.790. The van der Waals surface area contributed by atoms with Gasteiger partial charge < -0.3 is 10.1 Å². The van der Waals surface area contributed by atoms with Gasteiger partial charge in [0.15, 0.2) is 6.61 Å². The molecule has 3 saturated carbocycles. The molecule has 0 saturated heterocycles. The summed E-state index contributed by atoms with van der Waals surface area (Å²) < 4.78 is 5.14. The van der Waals surface area contributed by atoms with Crippen LogP contribution in [-0.2, 0) is 14.3 Å². The average Bonchev–Trinajstić information content (AvgIpc) is 3.16. The summed E-state index contributed by atoms with van der Waals surface area (Å²) in [6, 6.07) is 2.24. The predicted molar refractivity (Wildman–Crippen MR) is 84.1 cm³/mol. The predicted octanol–water partition coefficient (Wildman–Crippen LogP) is 2.70. The molecule has 2 bridgehead atoms. The first-order valence-electron chi connectivity index (χ1n) is 8.98. The maximum absolute atomic E-state index is 12.0. The molecule has 5 nitrogen and oxygen atoms in total. The first-order chi connectivity index (χ1) is 11.1. The van der Waals surface area contributed by atoms with Gasteiger partial charge in [-0.15, -0.1) is 0 Å². The van der Waals surface area contributed by atoms with Crippen molar-refractivity contribution in [1.29, 1.82) is 5.26 Å². The maximum Gasteiger partial charge on any atom is 0.306 e. The van der Waals surface area contributed by atoms with E-state index < -0.39 is 5.54 Å². The number of carbonyl (C=O) groups is 2. The highest BCUT2D eigenvalue weighted by Gasteiger charge is 2.40. The van der Waals surface area contributed by atoms with Crippen molar-refractivity contribution < 1.29 is 14.3 Å². The van der Waals surface area contributed by atoms with Gasteiger partial charge in [0, 0.05) is 6.42 Å². The maximum atomic E-state index is 12.0.